The molecule has 1 aromatic carbocycles. The van der Waals surface area contributed by atoms with Crippen molar-refractivity contribution in [1.82, 2.24) is 15.3 Å². The van der Waals surface area contributed by atoms with Crippen LogP contribution in [0.15, 0.2) is 48.1 Å². The van der Waals surface area contributed by atoms with E-state index >= 15 is 0 Å². The number of pyridine rings is 1. The van der Waals surface area contributed by atoms with Crippen LogP contribution in [0.25, 0.3) is 0 Å². The summed E-state index contributed by atoms with van der Waals surface area (Å²) >= 11 is 1.33. The van der Waals surface area contributed by atoms with Crippen LogP contribution in [0.3, 0.4) is 0 Å². The summed E-state index contributed by atoms with van der Waals surface area (Å²) in [5.74, 6) is -0.292. The van der Waals surface area contributed by atoms with Crippen molar-refractivity contribution < 1.29 is 11.4 Å². The number of anilines is 5. The van der Waals surface area contributed by atoms with Crippen LogP contribution in [0.2, 0.25) is 0 Å². The molecule has 9 nitrogen and oxygen atoms in total. The predicted octanol–water partition coefficient (Wildman–Crippen LogP) is 4.43. The number of hydrogen-bond acceptors (Lipinski definition) is 9. The van der Waals surface area contributed by atoms with E-state index in [1.807, 2.05) is 51.1 Å². The molecular weight excluding hydrogens is 438 g/mol. The number of piperazine rings is 1. The Morgan fingerprint density at radius 3 is 2.76 bits per heavy atom. The third-order valence-corrected chi connectivity index (χ3v) is 5.72. The molecule has 0 aliphatic carbocycles. The first kappa shape index (κ1) is 24.4. The van der Waals surface area contributed by atoms with Gasteiger partial charge in [-0.05, 0) is 25.1 Å². The average Bonchev–Trinajstić information content (AvgIpc) is 3.35. The highest BCUT2D eigenvalue weighted by molar-refractivity contribution is 7.14. The highest BCUT2D eigenvalue weighted by Gasteiger charge is 2.18. The van der Waals surface area contributed by atoms with E-state index in [2.05, 4.69) is 30.8 Å². The number of hydroxylamine groups is 1. The quantitative estimate of drug-likeness (QED) is 0.375. The van der Waals surface area contributed by atoms with Gasteiger partial charge in [-0.3, -0.25) is 20.0 Å². The van der Waals surface area contributed by atoms with Crippen LogP contribution >= 0.6 is 11.3 Å². The monoisotopic (exact) mass is 471 g/mol. The lowest BCUT2D eigenvalue weighted by molar-refractivity contribution is 0.102. The maximum absolute atomic E-state index is 12.8. The Bertz CT molecular complexity index is 1040. The first-order valence-corrected chi connectivity index (χ1v) is 12.0. The standard InChI is InChI=1S/C21H25N7O2S.C2H6.H2/c1-2-28(30)19-6-4-3-5-15(19)25-21-26-17(14-31-21)20(29)24-16-13-23-8-7-18(16)27-11-9-22-10-12-27;1-2;/h3-8,13-14,22,30H,2,9-12H2,1H3,(H,24,29)(H,25,26);1-2H3;1H. The number of para-hydroxylation sites is 2. The first-order chi connectivity index (χ1) is 16.2. The van der Waals surface area contributed by atoms with Crippen LogP contribution in [0.1, 0.15) is 32.7 Å². The van der Waals surface area contributed by atoms with E-state index in [4.69, 9.17) is 0 Å². The minimum Gasteiger partial charge on any atom is -0.367 e. The van der Waals surface area contributed by atoms with Gasteiger partial charge in [0.05, 0.1) is 28.9 Å². The van der Waals surface area contributed by atoms with Gasteiger partial charge in [-0.25, -0.2) is 4.98 Å². The van der Waals surface area contributed by atoms with Gasteiger partial charge in [-0.1, -0.05) is 26.0 Å². The lowest BCUT2D eigenvalue weighted by atomic mass is 10.2. The summed E-state index contributed by atoms with van der Waals surface area (Å²) in [4.78, 5) is 23.7. The second-order valence-electron chi connectivity index (χ2n) is 6.98. The van der Waals surface area contributed by atoms with Crippen molar-refractivity contribution in [2.75, 3.05) is 53.3 Å². The SMILES string of the molecule is CC.CCN(O)c1ccccc1Nc1nc(C(=O)Nc2cnccc2N2CCNCC2)cs1.[HH]. The zero-order valence-electron chi connectivity index (χ0n) is 19.2. The average molecular weight is 472 g/mol. The van der Waals surface area contributed by atoms with Gasteiger partial charge in [-0.2, -0.15) is 0 Å². The Kier molecular flexibility index (Phi) is 8.99. The van der Waals surface area contributed by atoms with E-state index in [0.717, 1.165) is 36.9 Å². The van der Waals surface area contributed by atoms with Gasteiger partial charge in [0.2, 0.25) is 0 Å². The number of rotatable bonds is 7. The molecule has 3 heterocycles. The fourth-order valence-electron chi connectivity index (χ4n) is 3.38. The maximum Gasteiger partial charge on any atom is 0.275 e. The first-order valence-electron chi connectivity index (χ1n) is 11.1. The van der Waals surface area contributed by atoms with Gasteiger partial charge >= 0.3 is 0 Å². The molecule has 1 saturated heterocycles. The summed E-state index contributed by atoms with van der Waals surface area (Å²) in [5, 5.41) is 23.0. The number of benzene rings is 1. The third-order valence-electron chi connectivity index (χ3n) is 4.96. The summed E-state index contributed by atoms with van der Waals surface area (Å²) in [6.45, 7) is 9.86. The number of carbonyl (C=O) groups excluding carboxylic acids is 1. The molecule has 1 fully saturated rings. The van der Waals surface area contributed by atoms with E-state index in [9.17, 15) is 10.0 Å². The summed E-state index contributed by atoms with van der Waals surface area (Å²) in [7, 11) is 0. The van der Waals surface area contributed by atoms with Crippen molar-refractivity contribution in [2.45, 2.75) is 20.8 Å². The van der Waals surface area contributed by atoms with Gasteiger partial charge in [0.1, 0.15) is 5.69 Å². The molecule has 0 spiro atoms. The minimum atomic E-state index is -0.292. The number of nitrogens with one attached hydrogen (secondary N) is 3. The zero-order valence-corrected chi connectivity index (χ0v) is 20.0. The van der Waals surface area contributed by atoms with E-state index in [-0.39, 0.29) is 7.33 Å². The van der Waals surface area contributed by atoms with Crippen molar-refractivity contribution in [2.24, 2.45) is 0 Å². The molecule has 0 unspecified atom stereocenters. The number of nitrogens with zero attached hydrogens (tertiary/aromatic N) is 4. The van der Waals surface area contributed by atoms with Crippen LogP contribution in [-0.2, 0) is 0 Å². The van der Waals surface area contributed by atoms with Crippen LogP contribution in [-0.4, -0.2) is 53.8 Å². The lowest BCUT2D eigenvalue weighted by Gasteiger charge is -2.30. The Morgan fingerprint density at radius 2 is 2.00 bits per heavy atom. The molecule has 1 aliphatic rings. The van der Waals surface area contributed by atoms with E-state index < -0.39 is 0 Å². The van der Waals surface area contributed by atoms with Crippen molar-refractivity contribution in [3.63, 3.8) is 0 Å². The van der Waals surface area contributed by atoms with Crippen molar-refractivity contribution in [1.29, 1.82) is 0 Å². The van der Waals surface area contributed by atoms with E-state index in [1.54, 1.807) is 17.8 Å². The maximum atomic E-state index is 12.8. The molecule has 4 N–H and O–H groups in total. The Hall–Kier alpha value is -3.21. The molecule has 33 heavy (non-hydrogen) atoms. The molecule has 2 aromatic heterocycles. The normalized spacial score (nSPS) is 13.0. The largest absolute Gasteiger partial charge is 0.367 e. The number of aromatic nitrogens is 2. The molecule has 4 rings (SSSR count). The summed E-state index contributed by atoms with van der Waals surface area (Å²) in [6, 6.07) is 9.30. The minimum absolute atomic E-state index is 0. The molecular formula is C23H33N7O2S. The number of thiazole rings is 1. The second-order valence-corrected chi connectivity index (χ2v) is 7.84. The Labute approximate surface area is 199 Å². The fourth-order valence-corrected chi connectivity index (χ4v) is 4.08. The van der Waals surface area contributed by atoms with E-state index in [1.165, 1.54) is 11.3 Å². The number of hydrogen-bond donors (Lipinski definition) is 4. The zero-order chi connectivity index (χ0) is 23.6. The van der Waals surface area contributed by atoms with Crippen molar-refractivity contribution >= 4 is 45.1 Å². The third kappa shape index (κ3) is 6.19. The predicted molar refractivity (Wildman–Crippen MR) is 137 cm³/mol. The van der Waals surface area contributed by atoms with Crippen molar-refractivity contribution in [3.05, 3.63) is 53.8 Å². The van der Waals surface area contributed by atoms with Gasteiger partial charge in [0.25, 0.3) is 5.91 Å². The number of amides is 1. The molecule has 0 saturated carbocycles. The van der Waals surface area contributed by atoms with Crippen LogP contribution in [0.5, 0.6) is 0 Å². The van der Waals surface area contributed by atoms with Crippen LogP contribution in [0.4, 0.5) is 27.9 Å². The summed E-state index contributed by atoms with van der Waals surface area (Å²) < 4.78 is 0. The molecule has 0 atom stereocenters. The van der Waals surface area contributed by atoms with Gasteiger partial charge in [0.15, 0.2) is 5.13 Å². The van der Waals surface area contributed by atoms with Crippen LogP contribution in [0, 0.1) is 0 Å². The molecule has 0 bridgehead atoms. The second kappa shape index (κ2) is 12.1. The van der Waals surface area contributed by atoms with Crippen molar-refractivity contribution in [3.8, 4) is 0 Å². The van der Waals surface area contributed by atoms with Gasteiger partial charge in [0, 0.05) is 45.7 Å². The van der Waals surface area contributed by atoms with Gasteiger partial charge < -0.3 is 20.9 Å². The molecule has 3 aromatic rings. The molecule has 10 heteroatoms. The molecule has 1 amide bonds. The molecule has 1 aliphatic heterocycles. The highest BCUT2D eigenvalue weighted by Crippen LogP contribution is 2.30. The summed E-state index contributed by atoms with van der Waals surface area (Å²) in [5.41, 5.74) is 3.29. The van der Waals surface area contributed by atoms with Crippen LogP contribution < -0.4 is 25.9 Å². The molecule has 178 valence electrons. The Morgan fingerprint density at radius 1 is 1.24 bits per heavy atom. The Balaban J connectivity index is 0.00000133. The smallest absolute Gasteiger partial charge is 0.275 e. The fraction of sp³-hybridized carbons (Fsp3) is 0.348. The lowest BCUT2D eigenvalue weighted by Crippen LogP contribution is -2.43. The topological polar surface area (TPSA) is 106 Å². The highest BCUT2D eigenvalue weighted by atomic mass is 32.1. The summed E-state index contributed by atoms with van der Waals surface area (Å²) in [6.07, 6.45) is 3.40. The van der Waals surface area contributed by atoms with Gasteiger partial charge in [-0.15, -0.1) is 11.3 Å². The molecule has 0 radical (unpaired) electrons. The van der Waals surface area contributed by atoms with E-state index in [0.29, 0.717) is 34.4 Å². The number of carbonyl (C=O) groups is 1.